The van der Waals surface area contributed by atoms with Crippen LogP contribution in [0.3, 0.4) is 0 Å². The zero-order valence-electron chi connectivity index (χ0n) is 10.3. The number of carbonyl (C=O) groups is 1. The van der Waals surface area contributed by atoms with E-state index in [1.54, 1.807) is 31.1 Å². The third-order valence-corrected chi connectivity index (χ3v) is 2.58. The lowest BCUT2D eigenvalue weighted by Crippen LogP contribution is -2.25. The Morgan fingerprint density at radius 2 is 2.06 bits per heavy atom. The van der Waals surface area contributed by atoms with Crippen LogP contribution in [0.5, 0.6) is 11.5 Å². The van der Waals surface area contributed by atoms with Crippen molar-refractivity contribution in [3.8, 4) is 11.5 Å². The van der Waals surface area contributed by atoms with E-state index in [0.717, 1.165) is 11.8 Å². The van der Waals surface area contributed by atoms with E-state index in [4.69, 9.17) is 21.7 Å². The number of aryl methyl sites for hydroxylation is 1. The van der Waals surface area contributed by atoms with Crippen LogP contribution in [0.4, 0.5) is 0 Å². The van der Waals surface area contributed by atoms with Gasteiger partial charge in [0.25, 0.3) is 5.17 Å². The lowest BCUT2D eigenvalue weighted by molar-refractivity contribution is 0.112. The van der Waals surface area contributed by atoms with E-state index < -0.39 is 0 Å². The van der Waals surface area contributed by atoms with Gasteiger partial charge in [0, 0.05) is 14.1 Å². The molecule has 17 heavy (non-hydrogen) atoms. The van der Waals surface area contributed by atoms with Gasteiger partial charge in [-0.25, -0.2) is 0 Å². The number of rotatable bonds is 3. The zero-order valence-corrected chi connectivity index (χ0v) is 11.1. The summed E-state index contributed by atoms with van der Waals surface area (Å²) in [4.78, 5) is 12.6. The summed E-state index contributed by atoms with van der Waals surface area (Å²) in [6, 6.07) is 3.52. The molecule has 0 unspecified atom stereocenters. The van der Waals surface area contributed by atoms with Crippen molar-refractivity contribution < 1.29 is 14.3 Å². The van der Waals surface area contributed by atoms with Crippen LogP contribution in [-0.4, -0.2) is 37.6 Å². The van der Waals surface area contributed by atoms with E-state index in [1.807, 2.05) is 6.92 Å². The molecule has 0 N–H and O–H groups in total. The number of carbonyl (C=O) groups excluding carboxylic acids is 1. The molecule has 0 fully saturated rings. The standard InChI is InChI=1S/C12H15NO3S/c1-8-5-9(7-14)11(10(6-8)15-4)16-12(17)13(2)3/h5-7H,1-4H3. The Bertz CT molecular complexity index is 444. The van der Waals surface area contributed by atoms with Crippen molar-refractivity contribution in [2.24, 2.45) is 0 Å². The number of hydrogen-bond donors (Lipinski definition) is 0. The van der Waals surface area contributed by atoms with Crippen molar-refractivity contribution in [1.82, 2.24) is 4.90 Å². The molecule has 1 aromatic carbocycles. The van der Waals surface area contributed by atoms with Crippen LogP contribution in [-0.2, 0) is 0 Å². The molecule has 0 aliphatic carbocycles. The van der Waals surface area contributed by atoms with E-state index in [0.29, 0.717) is 17.1 Å². The van der Waals surface area contributed by atoms with Crippen LogP contribution in [0, 0.1) is 6.92 Å². The molecular weight excluding hydrogens is 238 g/mol. The number of benzene rings is 1. The Morgan fingerprint density at radius 1 is 1.41 bits per heavy atom. The van der Waals surface area contributed by atoms with E-state index in [-0.39, 0.29) is 5.17 Å². The number of methoxy groups -OCH3 is 1. The maximum atomic E-state index is 11.0. The molecule has 0 heterocycles. The first-order valence-electron chi connectivity index (χ1n) is 5.02. The van der Waals surface area contributed by atoms with Crippen LogP contribution in [0.1, 0.15) is 15.9 Å². The summed E-state index contributed by atoms with van der Waals surface area (Å²) in [5, 5.41) is 0.273. The molecule has 0 saturated carbocycles. The Hall–Kier alpha value is -1.62. The van der Waals surface area contributed by atoms with Gasteiger partial charge < -0.3 is 14.4 Å². The second-order valence-electron chi connectivity index (χ2n) is 3.77. The second-order valence-corrected chi connectivity index (χ2v) is 4.12. The van der Waals surface area contributed by atoms with Crippen molar-refractivity contribution in [3.63, 3.8) is 0 Å². The Kier molecular flexibility index (Phi) is 4.45. The van der Waals surface area contributed by atoms with Crippen LogP contribution < -0.4 is 9.47 Å². The van der Waals surface area contributed by atoms with Gasteiger partial charge in [0.1, 0.15) is 0 Å². The molecule has 0 saturated heterocycles. The van der Waals surface area contributed by atoms with Gasteiger partial charge in [-0.1, -0.05) is 0 Å². The van der Waals surface area contributed by atoms with Crippen molar-refractivity contribution in [3.05, 3.63) is 23.3 Å². The SMILES string of the molecule is COc1cc(C)cc(C=O)c1OC(=S)N(C)C. The Labute approximate surface area is 106 Å². The molecular formula is C12H15NO3S. The molecule has 1 aromatic rings. The summed E-state index contributed by atoms with van der Waals surface area (Å²) in [5.41, 5.74) is 1.35. The molecule has 0 radical (unpaired) electrons. The molecule has 5 heteroatoms. The molecule has 0 bridgehead atoms. The van der Waals surface area contributed by atoms with Gasteiger partial charge >= 0.3 is 0 Å². The van der Waals surface area contributed by atoms with Crippen molar-refractivity contribution >= 4 is 23.7 Å². The van der Waals surface area contributed by atoms with Crippen molar-refractivity contribution in [2.45, 2.75) is 6.92 Å². The Morgan fingerprint density at radius 3 is 2.53 bits per heavy atom. The van der Waals surface area contributed by atoms with Gasteiger partial charge in [-0.05, 0) is 36.8 Å². The van der Waals surface area contributed by atoms with E-state index in [9.17, 15) is 4.79 Å². The van der Waals surface area contributed by atoms with Gasteiger partial charge in [0.05, 0.1) is 12.7 Å². The van der Waals surface area contributed by atoms with Gasteiger partial charge in [-0.15, -0.1) is 0 Å². The largest absolute Gasteiger partial charge is 0.493 e. The highest BCUT2D eigenvalue weighted by Crippen LogP contribution is 2.32. The average Bonchev–Trinajstić information content (AvgIpc) is 2.30. The Balaban J connectivity index is 3.20. The normalized spacial score (nSPS) is 9.65. The van der Waals surface area contributed by atoms with E-state index >= 15 is 0 Å². The molecule has 0 amide bonds. The summed E-state index contributed by atoms with van der Waals surface area (Å²) in [5.74, 6) is 0.850. The van der Waals surface area contributed by atoms with Crippen molar-refractivity contribution in [2.75, 3.05) is 21.2 Å². The zero-order chi connectivity index (χ0) is 13.0. The topological polar surface area (TPSA) is 38.8 Å². The van der Waals surface area contributed by atoms with E-state index in [2.05, 4.69) is 0 Å². The monoisotopic (exact) mass is 253 g/mol. The van der Waals surface area contributed by atoms with Crippen LogP contribution in [0.15, 0.2) is 12.1 Å². The number of thiocarbonyl (C=S) groups is 1. The third kappa shape index (κ3) is 3.17. The van der Waals surface area contributed by atoms with Crippen LogP contribution in [0.25, 0.3) is 0 Å². The predicted molar refractivity (Wildman–Crippen MR) is 70.0 cm³/mol. The minimum atomic E-state index is 0.273. The minimum Gasteiger partial charge on any atom is -0.493 e. The van der Waals surface area contributed by atoms with Gasteiger partial charge in [-0.2, -0.15) is 0 Å². The number of aldehydes is 1. The maximum Gasteiger partial charge on any atom is 0.264 e. The molecule has 4 nitrogen and oxygen atoms in total. The van der Waals surface area contributed by atoms with Gasteiger partial charge in [-0.3, -0.25) is 4.79 Å². The fraction of sp³-hybridized carbons (Fsp3) is 0.333. The molecule has 92 valence electrons. The summed E-state index contributed by atoms with van der Waals surface area (Å²) < 4.78 is 10.7. The summed E-state index contributed by atoms with van der Waals surface area (Å²) in [7, 11) is 5.06. The fourth-order valence-corrected chi connectivity index (χ4v) is 1.38. The molecule has 1 rings (SSSR count). The van der Waals surface area contributed by atoms with Crippen LogP contribution in [0.2, 0.25) is 0 Å². The number of ether oxygens (including phenoxy) is 2. The predicted octanol–water partition coefficient (Wildman–Crippen LogP) is 2.04. The quantitative estimate of drug-likeness (QED) is 0.609. The molecule has 0 aliphatic rings. The number of hydrogen-bond acceptors (Lipinski definition) is 4. The lowest BCUT2D eigenvalue weighted by Gasteiger charge is -2.17. The average molecular weight is 253 g/mol. The molecule has 0 atom stereocenters. The molecule has 0 aromatic heterocycles. The smallest absolute Gasteiger partial charge is 0.264 e. The molecule has 0 aliphatic heterocycles. The third-order valence-electron chi connectivity index (χ3n) is 2.13. The highest BCUT2D eigenvalue weighted by Gasteiger charge is 2.14. The summed E-state index contributed by atoms with van der Waals surface area (Å²) >= 11 is 5.04. The second kappa shape index (κ2) is 5.63. The number of nitrogens with zero attached hydrogens (tertiary/aromatic N) is 1. The van der Waals surface area contributed by atoms with E-state index in [1.165, 1.54) is 7.11 Å². The summed E-state index contributed by atoms with van der Waals surface area (Å²) in [6.45, 7) is 1.88. The highest BCUT2D eigenvalue weighted by atomic mass is 32.1. The highest BCUT2D eigenvalue weighted by molar-refractivity contribution is 7.80. The van der Waals surface area contributed by atoms with Gasteiger partial charge in [0.2, 0.25) is 0 Å². The fourth-order valence-electron chi connectivity index (χ4n) is 1.29. The maximum absolute atomic E-state index is 11.0. The first kappa shape index (κ1) is 13.4. The van der Waals surface area contributed by atoms with Gasteiger partial charge in [0.15, 0.2) is 17.8 Å². The minimum absolute atomic E-state index is 0.273. The van der Waals surface area contributed by atoms with Crippen molar-refractivity contribution in [1.29, 1.82) is 0 Å². The first-order chi connectivity index (χ1) is 7.99. The molecule has 0 spiro atoms. The van der Waals surface area contributed by atoms with Crippen LogP contribution >= 0.6 is 12.2 Å². The summed E-state index contributed by atoms with van der Waals surface area (Å²) in [6.07, 6.45) is 0.725. The lowest BCUT2D eigenvalue weighted by atomic mass is 10.1. The first-order valence-corrected chi connectivity index (χ1v) is 5.43.